The maximum atomic E-state index is 11.3. The van der Waals surface area contributed by atoms with Gasteiger partial charge in [0.1, 0.15) is 5.54 Å². The minimum Gasteiger partial charge on any atom is -0.484 e. The smallest absolute Gasteiger partial charge is 0.311 e. The third-order valence-electron chi connectivity index (χ3n) is 2.59. The molecule has 0 aliphatic heterocycles. The normalized spacial score (nSPS) is 11.2. The van der Waals surface area contributed by atoms with E-state index in [1.54, 1.807) is 27.7 Å². The summed E-state index contributed by atoms with van der Waals surface area (Å²) in [5.41, 5.74) is 4.71. The first-order chi connectivity index (χ1) is 9.13. The van der Waals surface area contributed by atoms with Gasteiger partial charge in [-0.25, -0.2) is 0 Å². The Morgan fingerprint density at radius 3 is 2.50 bits per heavy atom. The van der Waals surface area contributed by atoms with E-state index in [0.29, 0.717) is 5.69 Å². The molecule has 0 heterocycles. The van der Waals surface area contributed by atoms with Crippen molar-refractivity contribution in [2.24, 2.45) is 5.73 Å². The van der Waals surface area contributed by atoms with Crippen LogP contribution in [0.5, 0.6) is 5.75 Å². The van der Waals surface area contributed by atoms with E-state index < -0.39 is 16.4 Å². The minimum absolute atomic E-state index is 0.124. The molecule has 7 nitrogen and oxygen atoms in total. The predicted octanol–water partition coefficient (Wildman–Crippen LogP) is 2.06. The van der Waals surface area contributed by atoms with Gasteiger partial charge in [-0.15, -0.1) is 0 Å². The molecular formula is C13H19N3O4. The number of carbonyl (C=O) groups is 1. The van der Waals surface area contributed by atoms with E-state index in [1.807, 2.05) is 0 Å². The summed E-state index contributed by atoms with van der Waals surface area (Å²) in [7, 11) is 0. The first-order valence-electron chi connectivity index (χ1n) is 6.16. The average molecular weight is 281 g/mol. The second kappa shape index (κ2) is 5.77. The standard InChI is InChI=1S/C13H19N3O4/c1-8(2)20-11-7-9(5-6-10(11)16(18)19)15-13(3,4)12(14)17/h5-8,15H,1-4H3,(H2,14,17). The Kier molecular flexibility index (Phi) is 4.54. The van der Waals surface area contributed by atoms with Crippen LogP contribution in [0.1, 0.15) is 27.7 Å². The third kappa shape index (κ3) is 3.84. The van der Waals surface area contributed by atoms with Gasteiger partial charge in [0.05, 0.1) is 11.0 Å². The van der Waals surface area contributed by atoms with Crippen LogP contribution in [0.2, 0.25) is 0 Å². The summed E-state index contributed by atoms with van der Waals surface area (Å²) in [6.07, 6.45) is -0.201. The molecule has 1 aromatic rings. The van der Waals surface area contributed by atoms with Crippen LogP contribution in [0, 0.1) is 10.1 Å². The highest BCUT2D eigenvalue weighted by Crippen LogP contribution is 2.31. The van der Waals surface area contributed by atoms with Gasteiger partial charge in [-0.1, -0.05) is 0 Å². The molecule has 0 saturated heterocycles. The summed E-state index contributed by atoms with van der Waals surface area (Å²) in [6, 6.07) is 4.33. The second-order valence-electron chi connectivity index (χ2n) is 5.22. The van der Waals surface area contributed by atoms with Crippen molar-refractivity contribution in [1.82, 2.24) is 0 Å². The Morgan fingerprint density at radius 1 is 1.45 bits per heavy atom. The quantitative estimate of drug-likeness (QED) is 0.613. The van der Waals surface area contributed by atoms with Crippen LogP contribution in [0.25, 0.3) is 0 Å². The summed E-state index contributed by atoms with van der Waals surface area (Å²) in [5.74, 6) is -0.377. The fourth-order valence-electron chi connectivity index (χ4n) is 1.51. The average Bonchev–Trinajstić information content (AvgIpc) is 2.26. The molecule has 3 N–H and O–H groups in total. The summed E-state index contributed by atoms with van der Waals surface area (Å²) < 4.78 is 5.42. The van der Waals surface area contributed by atoms with Gasteiger partial charge in [-0.2, -0.15) is 0 Å². The number of nitro groups is 1. The lowest BCUT2D eigenvalue weighted by Crippen LogP contribution is -2.45. The molecule has 0 aliphatic carbocycles. The molecule has 0 fully saturated rings. The molecular weight excluding hydrogens is 262 g/mol. The van der Waals surface area contributed by atoms with Crippen molar-refractivity contribution < 1.29 is 14.5 Å². The Labute approximate surface area is 117 Å². The molecule has 110 valence electrons. The van der Waals surface area contributed by atoms with E-state index in [0.717, 1.165) is 0 Å². The van der Waals surface area contributed by atoms with Gasteiger partial charge in [0.25, 0.3) is 0 Å². The number of amides is 1. The fourth-order valence-corrected chi connectivity index (χ4v) is 1.51. The Bertz CT molecular complexity index is 526. The van der Waals surface area contributed by atoms with E-state index in [9.17, 15) is 14.9 Å². The van der Waals surface area contributed by atoms with Gasteiger partial charge in [0.15, 0.2) is 5.75 Å². The molecule has 0 unspecified atom stereocenters. The zero-order valence-electron chi connectivity index (χ0n) is 12.0. The minimum atomic E-state index is -0.967. The monoisotopic (exact) mass is 281 g/mol. The van der Waals surface area contributed by atoms with Crippen LogP contribution in [-0.4, -0.2) is 22.5 Å². The van der Waals surface area contributed by atoms with Gasteiger partial charge >= 0.3 is 5.69 Å². The Morgan fingerprint density at radius 2 is 2.05 bits per heavy atom. The second-order valence-corrected chi connectivity index (χ2v) is 5.22. The fraction of sp³-hybridized carbons (Fsp3) is 0.462. The zero-order chi connectivity index (χ0) is 15.5. The number of ether oxygens (including phenoxy) is 1. The van der Waals surface area contributed by atoms with Crippen molar-refractivity contribution >= 4 is 17.3 Å². The highest BCUT2D eigenvalue weighted by molar-refractivity contribution is 5.87. The number of nitrogens with two attached hydrogens (primary N) is 1. The van der Waals surface area contributed by atoms with Crippen LogP contribution in [-0.2, 0) is 4.79 Å². The number of benzene rings is 1. The van der Waals surface area contributed by atoms with Crippen LogP contribution >= 0.6 is 0 Å². The largest absolute Gasteiger partial charge is 0.484 e. The van der Waals surface area contributed by atoms with Gasteiger partial charge < -0.3 is 15.8 Å². The van der Waals surface area contributed by atoms with Crippen LogP contribution < -0.4 is 15.8 Å². The van der Waals surface area contributed by atoms with Crippen molar-refractivity contribution in [2.45, 2.75) is 39.3 Å². The summed E-state index contributed by atoms with van der Waals surface area (Å²) in [5, 5.41) is 13.9. The van der Waals surface area contributed by atoms with Gasteiger partial charge in [-0.05, 0) is 33.8 Å². The van der Waals surface area contributed by atoms with Crippen LogP contribution in [0.4, 0.5) is 11.4 Å². The molecule has 1 amide bonds. The maximum Gasteiger partial charge on any atom is 0.311 e. The number of nitrogens with one attached hydrogen (secondary N) is 1. The molecule has 0 atom stereocenters. The number of anilines is 1. The van der Waals surface area contributed by atoms with E-state index in [1.165, 1.54) is 18.2 Å². The van der Waals surface area contributed by atoms with Crippen molar-refractivity contribution in [3.05, 3.63) is 28.3 Å². The summed E-state index contributed by atoms with van der Waals surface area (Å²) in [4.78, 5) is 21.7. The number of carbonyl (C=O) groups excluding carboxylic acids is 1. The van der Waals surface area contributed by atoms with Crippen molar-refractivity contribution in [3.63, 3.8) is 0 Å². The van der Waals surface area contributed by atoms with E-state index in [2.05, 4.69) is 5.32 Å². The first-order valence-corrected chi connectivity index (χ1v) is 6.16. The molecule has 0 aliphatic rings. The SMILES string of the molecule is CC(C)Oc1cc(NC(C)(C)C(N)=O)ccc1[N+](=O)[O-]. The van der Waals surface area contributed by atoms with Crippen molar-refractivity contribution in [1.29, 1.82) is 0 Å². The zero-order valence-corrected chi connectivity index (χ0v) is 12.0. The number of primary amides is 1. The molecule has 0 aromatic heterocycles. The molecule has 1 aromatic carbocycles. The van der Waals surface area contributed by atoms with Crippen molar-refractivity contribution in [3.8, 4) is 5.75 Å². The molecule has 20 heavy (non-hydrogen) atoms. The molecule has 0 saturated carbocycles. The van der Waals surface area contributed by atoms with Crippen LogP contribution in [0.3, 0.4) is 0 Å². The number of rotatable bonds is 6. The number of nitro benzene ring substituents is 1. The third-order valence-corrected chi connectivity index (χ3v) is 2.59. The lowest BCUT2D eigenvalue weighted by Gasteiger charge is -2.24. The highest BCUT2D eigenvalue weighted by atomic mass is 16.6. The highest BCUT2D eigenvalue weighted by Gasteiger charge is 2.25. The van der Waals surface area contributed by atoms with Gasteiger partial charge in [0.2, 0.25) is 5.91 Å². The maximum absolute atomic E-state index is 11.3. The molecule has 0 radical (unpaired) electrons. The molecule has 0 bridgehead atoms. The van der Waals surface area contributed by atoms with Gasteiger partial charge in [0, 0.05) is 17.8 Å². The molecule has 1 rings (SSSR count). The predicted molar refractivity (Wildman–Crippen MR) is 75.8 cm³/mol. The van der Waals surface area contributed by atoms with E-state index in [4.69, 9.17) is 10.5 Å². The number of hydrogen-bond donors (Lipinski definition) is 2. The van der Waals surface area contributed by atoms with Gasteiger partial charge in [-0.3, -0.25) is 14.9 Å². The lowest BCUT2D eigenvalue weighted by atomic mass is 10.0. The first kappa shape index (κ1) is 15.7. The molecule has 0 spiro atoms. The Balaban J connectivity index is 3.12. The number of hydrogen-bond acceptors (Lipinski definition) is 5. The summed E-state index contributed by atoms with van der Waals surface area (Å²) in [6.45, 7) is 6.80. The molecule has 7 heteroatoms. The van der Waals surface area contributed by atoms with Crippen LogP contribution in [0.15, 0.2) is 18.2 Å². The topological polar surface area (TPSA) is 107 Å². The van der Waals surface area contributed by atoms with E-state index in [-0.39, 0.29) is 17.5 Å². The lowest BCUT2D eigenvalue weighted by molar-refractivity contribution is -0.386. The Hall–Kier alpha value is -2.31. The van der Waals surface area contributed by atoms with Crippen molar-refractivity contribution in [2.75, 3.05) is 5.32 Å². The number of nitrogens with zero attached hydrogens (tertiary/aromatic N) is 1. The van der Waals surface area contributed by atoms with E-state index >= 15 is 0 Å². The summed E-state index contributed by atoms with van der Waals surface area (Å²) >= 11 is 0.